The molecule has 14 heteroatoms. The normalized spacial score (nSPS) is 19.4. The molecule has 2 heterocycles. The number of piperazine rings is 1. The van der Waals surface area contributed by atoms with Gasteiger partial charge in [0.1, 0.15) is 17.8 Å². The number of alkyl halides is 3. The molecule has 2 amide bonds. The van der Waals surface area contributed by atoms with Crippen LogP contribution in [0.2, 0.25) is 0 Å². The first kappa shape index (κ1) is 32.7. The number of carbonyl (C=O) groups excluding carboxylic acids is 2. The van der Waals surface area contributed by atoms with Gasteiger partial charge in [0.25, 0.3) is 0 Å². The molecule has 10 nitrogen and oxygen atoms in total. The summed E-state index contributed by atoms with van der Waals surface area (Å²) in [6.45, 7) is 4.43. The third-order valence-corrected chi connectivity index (χ3v) is 9.60. The average molecular weight is 626 g/mol. The van der Waals surface area contributed by atoms with Crippen LogP contribution in [0.5, 0.6) is 5.75 Å². The second-order valence-electron chi connectivity index (χ2n) is 10.6. The largest absolute Gasteiger partial charge is 0.497 e. The Morgan fingerprint density at radius 1 is 1.07 bits per heavy atom. The Kier molecular flexibility index (Phi) is 11.0. The van der Waals surface area contributed by atoms with Crippen molar-refractivity contribution in [3.8, 4) is 5.75 Å². The molecule has 0 aliphatic carbocycles. The first-order valence-electron chi connectivity index (χ1n) is 14.3. The number of amides is 2. The van der Waals surface area contributed by atoms with Crippen LogP contribution in [0.15, 0.2) is 53.4 Å². The number of hydrogen-bond acceptors (Lipinski definition) is 7. The molecule has 0 saturated carbocycles. The molecule has 0 bridgehead atoms. The quantitative estimate of drug-likeness (QED) is 0.350. The highest BCUT2D eigenvalue weighted by atomic mass is 32.2. The third kappa shape index (κ3) is 8.68. The van der Waals surface area contributed by atoms with E-state index in [1.807, 2.05) is 0 Å². The van der Waals surface area contributed by atoms with Crippen LogP contribution >= 0.6 is 0 Å². The molecule has 0 spiro atoms. The van der Waals surface area contributed by atoms with Gasteiger partial charge in [-0.3, -0.25) is 14.5 Å². The van der Waals surface area contributed by atoms with Gasteiger partial charge in [-0.05, 0) is 48.7 Å². The lowest BCUT2D eigenvalue weighted by molar-refractivity contribution is -0.137. The minimum absolute atomic E-state index is 0.0311. The number of halogens is 3. The van der Waals surface area contributed by atoms with Crippen LogP contribution in [0.3, 0.4) is 0 Å². The number of hydrogen-bond donors (Lipinski definition) is 3. The van der Waals surface area contributed by atoms with Crippen LogP contribution in [-0.2, 0) is 32.2 Å². The number of methoxy groups -OCH3 is 1. The van der Waals surface area contributed by atoms with Crippen LogP contribution in [0.4, 0.5) is 13.2 Å². The Bertz CT molecular complexity index is 1350. The molecule has 4 rings (SSSR count). The zero-order valence-electron chi connectivity index (χ0n) is 24.0. The smallest absolute Gasteiger partial charge is 0.416 e. The zero-order chi connectivity index (χ0) is 31.0. The Balaban J connectivity index is 1.51. The van der Waals surface area contributed by atoms with Gasteiger partial charge in [-0.25, -0.2) is 8.42 Å². The number of rotatable bonds is 11. The first-order valence-corrected chi connectivity index (χ1v) is 15.8. The lowest BCUT2D eigenvalue weighted by Gasteiger charge is -2.34. The molecule has 236 valence electrons. The highest BCUT2D eigenvalue weighted by molar-refractivity contribution is 7.89. The van der Waals surface area contributed by atoms with E-state index in [2.05, 4.69) is 20.9 Å². The van der Waals surface area contributed by atoms with Crippen LogP contribution in [0.25, 0.3) is 0 Å². The van der Waals surface area contributed by atoms with Crippen molar-refractivity contribution in [1.29, 1.82) is 0 Å². The molecule has 2 saturated heterocycles. The molecule has 1 unspecified atom stereocenters. The third-order valence-electron chi connectivity index (χ3n) is 7.69. The molecular weight excluding hydrogens is 587 g/mol. The van der Waals surface area contributed by atoms with Crippen molar-refractivity contribution in [3.05, 3.63) is 59.7 Å². The predicted octanol–water partition coefficient (Wildman–Crippen LogP) is 2.01. The Labute approximate surface area is 250 Å². The van der Waals surface area contributed by atoms with Gasteiger partial charge in [0, 0.05) is 52.2 Å². The van der Waals surface area contributed by atoms with Gasteiger partial charge < -0.3 is 20.7 Å². The summed E-state index contributed by atoms with van der Waals surface area (Å²) in [5.41, 5.74) is -0.343. The highest BCUT2D eigenvalue weighted by Gasteiger charge is 2.40. The van der Waals surface area contributed by atoms with Crippen molar-refractivity contribution in [2.24, 2.45) is 0 Å². The summed E-state index contributed by atoms with van der Waals surface area (Å²) >= 11 is 0. The predicted molar refractivity (Wildman–Crippen MR) is 154 cm³/mol. The maximum absolute atomic E-state index is 13.6. The van der Waals surface area contributed by atoms with E-state index in [1.165, 1.54) is 7.11 Å². The summed E-state index contributed by atoms with van der Waals surface area (Å²) in [6.07, 6.45) is -3.42. The lowest BCUT2D eigenvalue weighted by atomic mass is 10.0. The second kappa shape index (κ2) is 14.5. The number of ether oxygens (including phenoxy) is 1. The lowest BCUT2D eigenvalue weighted by Crippen LogP contribution is -2.57. The van der Waals surface area contributed by atoms with E-state index in [1.54, 1.807) is 24.3 Å². The van der Waals surface area contributed by atoms with Crippen molar-refractivity contribution in [2.45, 2.75) is 48.8 Å². The zero-order valence-corrected chi connectivity index (χ0v) is 24.8. The minimum atomic E-state index is -4.73. The van der Waals surface area contributed by atoms with E-state index < -0.39 is 50.6 Å². The van der Waals surface area contributed by atoms with Crippen molar-refractivity contribution < 1.29 is 35.9 Å². The number of nitrogens with zero attached hydrogens (tertiary/aromatic N) is 2. The summed E-state index contributed by atoms with van der Waals surface area (Å²) in [5.74, 6) is -0.462. The average Bonchev–Trinajstić information content (AvgIpc) is 3.01. The summed E-state index contributed by atoms with van der Waals surface area (Å²) in [4.78, 5) is 28.6. The van der Waals surface area contributed by atoms with E-state index in [4.69, 9.17) is 4.74 Å². The summed E-state index contributed by atoms with van der Waals surface area (Å²) < 4.78 is 73.1. The van der Waals surface area contributed by atoms with Gasteiger partial charge in [-0.2, -0.15) is 17.5 Å². The first-order chi connectivity index (χ1) is 20.5. The molecule has 2 atom stereocenters. The maximum Gasteiger partial charge on any atom is 0.416 e. The van der Waals surface area contributed by atoms with Gasteiger partial charge in [0.2, 0.25) is 21.8 Å². The molecular formula is C29H38F3N5O5S. The maximum atomic E-state index is 13.6. The number of piperidine rings is 1. The van der Waals surface area contributed by atoms with Crippen molar-refractivity contribution >= 4 is 21.8 Å². The van der Waals surface area contributed by atoms with Crippen LogP contribution < -0.4 is 20.7 Å². The number of sulfonamides is 1. The Hall–Kier alpha value is -3.20. The van der Waals surface area contributed by atoms with E-state index in [-0.39, 0.29) is 19.4 Å². The number of carbonyl (C=O) groups is 2. The summed E-state index contributed by atoms with van der Waals surface area (Å²) in [5, 5.41) is 8.91. The molecule has 0 radical (unpaired) electrons. The molecule has 2 aliphatic heterocycles. The molecule has 3 N–H and O–H groups in total. The highest BCUT2D eigenvalue weighted by Crippen LogP contribution is 2.32. The van der Waals surface area contributed by atoms with Gasteiger partial charge >= 0.3 is 6.18 Å². The van der Waals surface area contributed by atoms with Gasteiger partial charge in [-0.15, -0.1) is 0 Å². The van der Waals surface area contributed by atoms with E-state index in [9.17, 15) is 31.2 Å². The monoisotopic (exact) mass is 625 g/mol. The molecule has 0 aromatic heterocycles. The van der Waals surface area contributed by atoms with E-state index in [0.717, 1.165) is 54.2 Å². The van der Waals surface area contributed by atoms with Crippen molar-refractivity contribution in [2.75, 3.05) is 52.9 Å². The standard InChI is InChI=1S/C29H38F3N5O5S/c1-42-23-10-8-21(9-11-23)19-25(27(38)34-14-18-36-16-12-33-13-17-36)35-28(39)26-7-2-3-15-37(26)43(40,41)24-6-4-5-22(20-24)29(30,31)32/h4-6,8-11,20,25-26,33H,2-3,7,12-19H2,1H3,(H,34,38)(H,35,39)/t25-,26?/m0/s1. The minimum Gasteiger partial charge on any atom is -0.497 e. The SMILES string of the molecule is COc1ccc(C[C@H](NC(=O)C2CCCCN2S(=O)(=O)c2cccc(C(F)(F)F)c2)C(=O)NCCN2CCNCC2)cc1. The van der Waals surface area contributed by atoms with Crippen LogP contribution in [0, 0.1) is 0 Å². The fraction of sp³-hybridized carbons (Fsp3) is 0.517. The molecule has 2 aromatic rings. The number of nitrogens with one attached hydrogen (secondary N) is 3. The van der Waals surface area contributed by atoms with Crippen LogP contribution in [0.1, 0.15) is 30.4 Å². The Morgan fingerprint density at radius 3 is 2.47 bits per heavy atom. The van der Waals surface area contributed by atoms with E-state index in [0.29, 0.717) is 37.7 Å². The Morgan fingerprint density at radius 2 is 1.79 bits per heavy atom. The summed E-state index contributed by atoms with van der Waals surface area (Å²) in [7, 11) is -2.91. The van der Waals surface area contributed by atoms with E-state index >= 15 is 0 Å². The molecule has 2 fully saturated rings. The van der Waals surface area contributed by atoms with Crippen molar-refractivity contribution in [1.82, 2.24) is 25.2 Å². The fourth-order valence-corrected chi connectivity index (χ4v) is 7.00. The fourth-order valence-electron chi connectivity index (χ4n) is 5.29. The number of benzene rings is 2. The molecule has 2 aromatic carbocycles. The van der Waals surface area contributed by atoms with Gasteiger partial charge in [0.15, 0.2) is 0 Å². The van der Waals surface area contributed by atoms with Gasteiger partial charge in [0.05, 0.1) is 17.6 Å². The molecule has 43 heavy (non-hydrogen) atoms. The topological polar surface area (TPSA) is 120 Å². The summed E-state index contributed by atoms with van der Waals surface area (Å²) in [6, 6.07) is 8.33. The van der Waals surface area contributed by atoms with Gasteiger partial charge in [-0.1, -0.05) is 24.6 Å². The second-order valence-corrected chi connectivity index (χ2v) is 12.5. The molecule has 2 aliphatic rings. The van der Waals surface area contributed by atoms with Crippen molar-refractivity contribution in [3.63, 3.8) is 0 Å². The van der Waals surface area contributed by atoms with Crippen LogP contribution in [-0.4, -0.2) is 94.4 Å².